The maximum atomic E-state index is 13.0. The fourth-order valence-electron chi connectivity index (χ4n) is 3.57. The van der Waals surface area contributed by atoms with Crippen LogP contribution in [-0.4, -0.2) is 20.6 Å². The van der Waals surface area contributed by atoms with E-state index in [1.807, 2.05) is 66.2 Å². The molecule has 0 amide bonds. The predicted octanol–water partition coefficient (Wildman–Crippen LogP) is 5.08. The number of aromatic amines is 1. The van der Waals surface area contributed by atoms with Crippen LogP contribution < -0.4 is 10.9 Å². The van der Waals surface area contributed by atoms with Gasteiger partial charge in [0, 0.05) is 16.6 Å². The average Bonchev–Trinajstić information content (AvgIpc) is 3.38. The first kappa shape index (κ1) is 18.6. The molecule has 0 saturated carbocycles. The number of rotatable bonds is 5. The van der Waals surface area contributed by atoms with Crippen LogP contribution in [0.2, 0.25) is 0 Å². The van der Waals surface area contributed by atoms with Crippen molar-refractivity contribution in [3.05, 3.63) is 82.7 Å². The van der Waals surface area contributed by atoms with Crippen LogP contribution in [0.5, 0.6) is 0 Å². The van der Waals surface area contributed by atoms with Crippen LogP contribution >= 0.6 is 11.8 Å². The summed E-state index contributed by atoms with van der Waals surface area (Å²) in [6, 6.07) is 15.7. The standard InChI is InChI=1S/C23H20N4O2S/c1-14-5-8-20-26-21(22(27(20)13-14)24-12-16-4-3-9-29-16)18-10-15-6-7-17(30-2)11-19(15)25-23(18)28/h3-11,13,24H,12H2,1-2H3,(H,25,28). The van der Waals surface area contributed by atoms with Gasteiger partial charge in [0.25, 0.3) is 5.56 Å². The zero-order chi connectivity index (χ0) is 20.7. The highest BCUT2D eigenvalue weighted by Crippen LogP contribution is 2.30. The number of nitrogens with one attached hydrogen (secondary N) is 2. The topological polar surface area (TPSA) is 75.3 Å². The lowest BCUT2D eigenvalue weighted by Gasteiger charge is -2.09. The number of aryl methyl sites for hydroxylation is 1. The Morgan fingerprint density at radius 3 is 2.90 bits per heavy atom. The highest BCUT2D eigenvalue weighted by molar-refractivity contribution is 7.98. The van der Waals surface area contributed by atoms with Crippen molar-refractivity contribution in [1.82, 2.24) is 14.4 Å². The van der Waals surface area contributed by atoms with E-state index in [0.29, 0.717) is 17.8 Å². The second-order valence-corrected chi connectivity index (χ2v) is 8.02. The van der Waals surface area contributed by atoms with E-state index in [9.17, 15) is 4.79 Å². The van der Waals surface area contributed by atoms with Crippen molar-refractivity contribution >= 4 is 34.1 Å². The molecule has 0 saturated heterocycles. The molecule has 0 atom stereocenters. The van der Waals surface area contributed by atoms with Crippen molar-refractivity contribution in [2.45, 2.75) is 18.4 Å². The molecule has 0 fully saturated rings. The number of imidazole rings is 1. The number of hydrogen-bond donors (Lipinski definition) is 2. The summed E-state index contributed by atoms with van der Waals surface area (Å²) in [4.78, 5) is 21.9. The molecule has 0 spiro atoms. The van der Waals surface area contributed by atoms with Gasteiger partial charge in [0.05, 0.1) is 18.4 Å². The zero-order valence-corrected chi connectivity index (χ0v) is 17.4. The van der Waals surface area contributed by atoms with Gasteiger partial charge >= 0.3 is 0 Å². The summed E-state index contributed by atoms with van der Waals surface area (Å²) in [5.74, 6) is 1.57. The Morgan fingerprint density at radius 2 is 2.10 bits per heavy atom. The van der Waals surface area contributed by atoms with Crippen LogP contribution in [-0.2, 0) is 6.54 Å². The molecule has 5 aromatic rings. The van der Waals surface area contributed by atoms with E-state index in [1.165, 1.54) is 0 Å². The number of anilines is 1. The molecule has 0 aliphatic rings. The highest BCUT2D eigenvalue weighted by Gasteiger charge is 2.18. The molecule has 7 heteroatoms. The van der Waals surface area contributed by atoms with E-state index < -0.39 is 0 Å². The summed E-state index contributed by atoms with van der Waals surface area (Å²) in [6.07, 6.45) is 5.67. The smallest absolute Gasteiger partial charge is 0.258 e. The summed E-state index contributed by atoms with van der Waals surface area (Å²) in [7, 11) is 0. The van der Waals surface area contributed by atoms with Crippen LogP contribution in [0.1, 0.15) is 11.3 Å². The van der Waals surface area contributed by atoms with Crippen LogP contribution in [0.4, 0.5) is 5.82 Å². The number of H-pyrrole nitrogens is 1. The lowest BCUT2D eigenvalue weighted by atomic mass is 10.1. The lowest BCUT2D eigenvalue weighted by Crippen LogP contribution is -2.11. The van der Waals surface area contributed by atoms with E-state index in [4.69, 9.17) is 9.40 Å². The average molecular weight is 417 g/mol. The lowest BCUT2D eigenvalue weighted by molar-refractivity contribution is 0.518. The molecule has 0 radical (unpaired) electrons. The molecule has 2 N–H and O–H groups in total. The van der Waals surface area contributed by atoms with Crippen molar-refractivity contribution in [3.63, 3.8) is 0 Å². The molecule has 0 aliphatic carbocycles. The predicted molar refractivity (Wildman–Crippen MR) is 121 cm³/mol. The molecule has 0 bridgehead atoms. The Kier molecular flexibility index (Phi) is 4.59. The first-order chi connectivity index (χ1) is 14.6. The highest BCUT2D eigenvalue weighted by atomic mass is 32.2. The van der Waals surface area contributed by atoms with Gasteiger partial charge in [-0.1, -0.05) is 12.1 Å². The number of pyridine rings is 2. The van der Waals surface area contributed by atoms with Gasteiger partial charge in [-0.05, 0) is 60.5 Å². The number of benzene rings is 1. The molecule has 5 rings (SSSR count). The Balaban J connectivity index is 1.68. The molecule has 4 aromatic heterocycles. The third-order valence-electron chi connectivity index (χ3n) is 5.08. The van der Waals surface area contributed by atoms with Crippen LogP contribution in [0, 0.1) is 6.92 Å². The monoisotopic (exact) mass is 416 g/mol. The summed E-state index contributed by atoms with van der Waals surface area (Å²) in [5.41, 5.74) is 3.67. The maximum absolute atomic E-state index is 13.0. The molecule has 1 aromatic carbocycles. The molecule has 150 valence electrons. The number of nitrogens with zero attached hydrogens (tertiary/aromatic N) is 2. The number of aromatic nitrogens is 3. The minimum atomic E-state index is -0.165. The normalized spacial score (nSPS) is 11.4. The fourth-order valence-corrected chi connectivity index (χ4v) is 4.01. The largest absolute Gasteiger partial charge is 0.467 e. The summed E-state index contributed by atoms with van der Waals surface area (Å²) >= 11 is 1.65. The van der Waals surface area contributed by atoms with Gasteiger partial charge in [-0.15, -0.1) is 11.8 Å². The van der Waals surface area contributed by atoms with Gasteiger partial charge in [0.1, 0.15) is 22.9 Å². The van der Waals surface area contributed by atoms with Crippen molar-refractivity contribution in [1.29, 1.82) is 0 Å². The first-order valence-electron chi connectivity index (χ1n) is 9.59. The van der Waals surface area contributed by atoms with Crippen molar-refractivity contribution in [2.24, 2.45) is 0 Å². The van der Waals surface area contributed by atoms with Gasteiger partial charge in [0.15, 0.2) is 0 Å². The number of fused-ring (bicyclic) bond motifs is 2. The van der Waals surface area contributed by atoms with E-state index >= 15 is 0 Å². The maximum Gasteiger partial charge on any atom is 0.258 e. The number of thioether (sulfide) groups is 1. The molecule has 6 nitrogen and oxygen atoms in total. The van der Waals surface area contributed by atoms with Gasteiger partial charge in [0.2, 0.25) is 0 Å². The summed E-state index contributed by atoms with van der Waals surface area (Å²) in [6.45, 7) is 2.52. The van der Waals surface area contributed by atoms with Gasteiger partial charge < -0.3 is 14.7 Å². The van der Waals surface area contributed by atoms with E-state index in [1.54, 1.807) is 18.0 Å². The Bertz CT molecular complexity index is 1420. The third-order valence-corrected chi connectivity index (χ3v) is 5.81. The Morgan fingerprint density at radius 1 is 1.20 bits per heavy atom. The summed E-state index contributed by atoms with van der Waals surface area (Å²) in [5, 5.41) is 4.37. The molecule has 30 heavy (non-hydrogen) atoms. The molecule has 0 aliphatic heterocycles. The SMILES string of the molecule is CSc1ccc2cc(-c3nc4ccc(C)cn4c3NCc3ccco3)c(=O)[nH]c2c1. The van der Waals surface area contributed by atoms with E-state index in [0.717, 1.165) is 38.6 Å². The third kappa shape index (κ3) is 3.27. The quantitative estimate of drug-likeness (QED) is 0.391. The molecular formula is C23H20N4O2S. The van der Waals surface area contributed by atoms with Gasteiger partial charge in [-0.25, -0.2) is 4.98 Å². The first-order valence-corrected chi connectivity index (χ1v) is 10.8. The van der Waals surface area contributed by atoms with Crippen molar-refractivity contribution in [2.75, 3.05) is 11.6 Å². The van der Waals surface area contributed by atoms with Crippen LogP contribution in [0.15, 0.2) is 75.1 Å². The van der Waals surface area contributed by atoms with Gasteiger partial charge in [-0.3, -0.25) is 9.20 Å². The number of hydrogen-bond acceptors (Lipinski definition) is 5. The van der Waals surface area contributed by atoms with E-state index in [2.05, 4.69) is 16.4 Å². The second kappa shape index (κ2) is 7.42. The minimum absolute atomic E-state index is 0.165. The molecule has 4 heterocycles. The molecule has 0 unspecified atom stereocenters. The Hall–Kier alpha value is -3.45. The van der Waals surface area contributed by atoms with Crippen LogP contribution in [0.25, 0.3) is 27.8 Å². The van der Waals surface area contributed by atoms with Gasteiger partial charge in [-0.2, -0.15) is 0 Å². The number of furan rings is 1. The minimum Gasteiger partial charge on any atom is -0.467 e. The Labute approximate surface area is 177 Å². The van der Waals surface area contributed by atoms with E-state index in [-0.39, 0.29) is 5.56 Å². The second-order valence-electron chi connectivity index (χ2n) is 7.14. The summed E-state index contributed by atoms with van der Waals surface area (Å²) < 4.78 is 7.43. The fraction of sp³-hybridized carbons (Fsp3) is 0.130. The van der Waals surface area contributed by atoms with Crippen molar-refractivity contribution in [3.8, 4) is 11.3 Å². The zero-order valence-electron chi connectivity index (χ0n) is 16.6. The van der Waals surface area contributed by atoms with Crippen molar-refractivity contribution < 1.29 is 4.42 Å². The van der Waals surface area contributed by atoms with Crippen LogP contribution in [0.3, 0.4) is 0 Å². The molecular weight excluding hydrogens is 396 g/mol.